The zero-order valence-electron chi connectivity index (χ0n) is 10.5. The van der Waals surface area contributed by atoms with Crippen LogP contribution in [0.3, 0.4) is 0 Å². The van der Waals surface area contributed by atoms with Crippen molar-refractivity contribution in [3.8, 4) is 11.8 Å². The lowest BCUT2D eigenvalue weighted by Gasteiger charge is -2.07. The Hall–Kier alpha value is -1.79. The standard InChI is InChI=1S/C14H16O3/c1-10-5-6-11(7-8-14(2,3)16)9-12(10)13(15)17-4/h5-6,9,16H,1-4H3. The Balaban J connectivity index is 3.12. The lowest BCUT2D eigenvalue weighted by atomic mass is 10.0. The van der Waals surface area contributed by atoms with Crippen LogP contribution in [0, 0.1) is 18.8 Å². The van der Waals surface area contributed by atoms with Gasteiger partial charge in [-0.25, -0.2) is 4.79 Å². The molecule has 0 radical (unpaired) electrons. The van der Waals surface area contributed by atoms with Gasteiger partial charge in [0.15, 0.2) is 0 Å². The van der Waals surface area contributed by atoms with Crippen molar-refractivity contribution in [1.82, 2.24) is 0 Å². The SMILES string of the molecule is COC(=O)c1cc(C#CC(C)(C)O)ccc1C. The lowest BCUT2D eigenvalue weighted by Crippen LogP contribution is -2.14. The van der Waals surface area contributed by atoms with E-state index in [9.17, 15) is 9.90 Å². The summed E-state index contributed by atoms with van der Waals surface area (Å²) < 4.78 is 4.68. The highest BCUT2D eigenvalue weighted by Crippen LogP contribution is 2.12. The normalized spacial score (nSPS) is 10.4. The average Bonchev–Trinajstić information content (AvgIpc) is 2.26. The Morgan fingerprint density at radius 2 is 2.06 bits per heavy atom. The van der Waals surface area contributed by atoms with E-state index < -0.39 is 5.60 Å². The topological polar surface area (TPSA) is 46.5 Å². The second-order valence-corrected chi connectivity index (χ2v) is 4.33. The van der Waals surface area contributed by atoms with Crippen molar-refractivity contribution in [1.29, 1.82) is 0 Å². The van der Waals surface area contributed by atoms with Gasteiger partial charge in [0, 0.05) is 5.56 Å². The Morgan fingerprint density at radius 3 is 2.59 bits per heavy atom. The summed E-state index contributed by atoms with van der Waals surface area (Å²) in [5.74, 6) is 5.14. The van der Waals surface area contributed by atoms with Crippen molar-refractivity contribution >= 4 is 5.97 Å². The molecule has 1 rings (SSSR count). The van der Waals surface area contributed by atoms with E-state index in [-0.39, 0.29) is 5.97 Å². The molecule has 0 saturated carbocycles. The van der Waals surface area contributed by atoms with Gasteiger partial charge in [-0.05, 0) is 38.5 Å². The third-order valence-corrected chi connectivity index (χ3v) is 2.16. The van der Waals surface area contributed by atoms with Crippen LogP contribution in [0.1, 0.15) is 35.3 Å². The minimum Gasteiger partial charge on any atom is -0.465 e. The van der Waals surface area contributed by atoms with E-state index in [1.165, 1.54) is 7.11 Å². The molecule has 0 amide bonds. The van der Waals surface area contributed by atoms with E-state index in [0.717, 1.165) is 5.56 Å². The molecule has 0 aliphatic rings. The van der Waals surface area contributed by atoms with E-state index in [0.29, 0.717) is 11.1 Å². The average molecular weight is 232 g/mol. The summed E-state index contributed by atoms with van der Waals surface area (Å²) >= 11 is 0. The summed E-state index contributed by atoms with van der Waals surface area (Å²) in [6, 6.07) is 5.28. The van der Waals surface area contributed by atoms with Crippen molar-refractivity contribution < 1.29 is 14.6 Å². The monoisotopic (exact) mass is 232 g/mol. The number of hydrogen-bond donors (Lipinski definition) is 1. The third kappa shape index (κ3) is 3.93. The van der Waals surface area contributed by atoms with Crippen LogP contribution in [-0.2, 0) is 4.74 Å². The number of aryl methyl sites for hydroxylation is 1. The Bertz CT molecular complexity index is 484. The van der Waals surface area contributed by atoms with Crippen molar-refractivity contribution in [2.24, 2.45) is 0 Å². The summed E-state index contributed by atoms with van der Waals surface area (Å²) in [7, 11) is 1.34. The number of rotatable bonds is 1. The maximum atomic E-state index is 11.5. The fourth-order valence-corrected chi connectivity index (χ4v) is 1.25. The van der Waals surface area contributed by atoms with Crippen LogP contribution in [-0.4, -0.2) is 23.8 Å². The Labute approximate surface area is 101 Å². The number of carbonyl (C=O) groups is 1. The molecular weight excluding hydrogens is 216 g/mol. The molecule has 1 aromatic rings. The van der Waals surface area contributed by atoms with E-state index in [1.54, 1.807) is 32.0 Å². The molecule has 0 aliphatic carbocycles. The van der Waals surface area contributed by atoms with Gasteiger partial charge in [0.1, 0.15) is 5.60 Å². The van der Waals surface area contributed by atoms with Crippen LogP contribution in [0.2, 0.25) is 0 Å². The summed E-state index contributed by atoms with van der Waals surface area (Å²) in [5.41, 5.74) is 0.967. The highest BCUT2D eigenvalue weighted by Gasteiger charge is 2.10. The summed E-state index contributed by atoms with van der Waals surface area (Å²) in [4.78, 5) is 11.5. The lowest BCUT2D eigenvalue weighted by molar-refractivity contribution is 0.0600. The van der Waals surface area contributed by atoms with Gasteiger partial charge in [0.25, 0.3) is 0 Å². The van der Waals surface area contributed by atoms with Gasteiger partial charge in [0.2, 0.25) is 0 Å². The number of carbonyl (C=O) groups excluding carboxylic acids is 1. The predicted octanol–water partition coefficient (Wildman–Crippen LogP) is 1.90. The number of esters is 1. The number of methoxy groups -OCH3 is 1. The summed E-state index contributed by atoms with van der Waals surface area (Å²) in [6.45, 7) is 5.05. The van der Waals surface area contributed by atoms with Crippen LogP contribution >= 0.6 is 0 Å². The first-order valence-corrected chi connectivity index (χ1v) is 5.28. The van der Waals surface area contributed by atoms with Gasteiger partial charge >= 0.3 is 5.97 Å². The van der Waals surface area contributed by atoms with Gasteiger partial charge in [0.05, 0.1) is 12.7 Å². The fraction of sp³-hybridized carbons (Fsp3) is 0.357. The van der Waals surface area contributed by atoms with Gasteiger partial charge in [-0.2, -0.15) is 0 Å². The van der Waals surface area contributed by atoms with E-state index in [4.69, 9.17) is 0 Å². The van der Waals surface area contributed by atoms with E-state index >= 15 is 0 Å². The van der Waals surface area contributed by atoms with Crippen molar-refractivity contribution in [2.45, 2.75) is 26.4 Å². The highest BCUT2D eigenvalue weighted by molar-refractivity contribution is 5.91. The molecule has 17 heavy (non-hydrogen) atoms. The van der Waals surface area contributed by atoms with Gasteiger partial charge in [-0.15, -0.1) is 0 Å². The molecule has 0 aliphatic heterocycles. The van der Waals surface area contributed by atoms with E-state index in [1.807, 2.05) is 6.92 Å². The van der Waals surface area contributed by atoms with Crippen LogP contribution in [0.25, 0.3) is 0 Å². The first-order chi connectivity index (χ1) is 7.83. The molecule has 0 heterocycles. The van der Waals surface area contributed by atoms with Crippen molar-refractivity contribution in [3.05, 3.63) is 34.9 Å². The number of aliphatic hydroxyl groups is 1. The molecule has 0 saturated heterocycles. The molecule has 1 N–H and O–H groups in total. The zero-order valence-corrected chi connectivity index (χ0v) is 10.5. The molecule has 0 fully saturated rings. The van der Waals surface area contributed by atoms with Crippen LogP contribution in [0.15, 0.2) is 18.2 Å². The zero-order chi connectivity index (χ0) is 13.1. The van der Waals surface area contributed by atoms with Gasteiger partial charge in [-0.3, -0.25) is 0 Å². The molecule has 0 atom stereocenters. The molecule has 3 heteroatoms. The molecule has 0 bridgehead atoms. The predicted molar refractivity (Wildman–Crippen MR) is 65.7 cm³/mol. The second-order valence-electron chi connectivity index (χ2n) is 4.33. The maximum absolute atomic E-state index is 11.5. The molecule has 0 spiro atoms. The van der Waals surface area contributed by atoms with Gasteiger partial charge < -0.3 is 9.84 Å². The fourth-order valence-electron chi connectivity index (χ4n) is 1.25. The quantitative estimate of drug-likeness (QED) is 0.594. The van der Waals surface area contributed by atoms with Crippen LogP contribution in [0.4, 0.5) is 0 Å². The molecule has 3 nitrogen and oxygen atoms in total. The second kappa shape index (κ2) is 5.03. The Morgan fingerprint density at radius 1 is 1.41 bits per heavy atom. The molecule has 0 aromatic heterocycles. The Kier molecular flexibility index (Phi) is 3.93. The maximum Gasteiger partial charge on any atom is 0.338 e. The third-order valence-electron chi connectivity index (χ3n) is 2.16. The van der Waals surface area contributed by atoms with Crippen molar-refractivity contribution in [2.75, 3.05) is 7.11 Å². The van der Waals surface area contributed by atoms with Crippen molar-refractivity contribution in [3.63, 3.8) is 0 Å². The van der Waals surface area contributed by atoms with Gasteiger partial charge in [-0.1, -0.05) is 17.9 Å². The molecular formula is C14H16O3. The van der Waals surface area contributed by atoms with Crippen LogP contribution in [0.5, 0.6) is 0 Å². The number of hydrogen-bond acceptors (Lipinski definition) is 3. The van der Waals surface area contributed by atoms with Crippen LogP contribution < -0.4 is 0 Å². The van der Waals surface area contributed by atoms with E-state index in [2.05, 4.69) is 16.6 Å². The summed E-state index contributed by atoms with van der Waals surface area (Å²) in [5, 5.41) is 9.49. The highest BCUT2D eigenvalue weighted by atomic mass is 16.5. The molecule has 1 aromatic carbocycles. The molecule has 0 unspecified atom stereocenters. The molecule has 90 valence electrons. The minimum atomic E-state index is -1.05. The number of benzene rings is 1. The smallest absolute Gasteiger partial charge is 0.338 e. The number of ether oxygens (including phenoxy) is 1. The first-order valence-electron chi connectivity index (χ1n) is 5.28. The minimum absolute atomic E-state index is 0.380. The largest absolute Gasteiger partial charge is 0.465 e. The first kappa shape index (κ1) is 13.3. The summed E-state index contributed by atoms with van der Waals surface area (Å²) in [6.07, 6.45) is 0.